The van der Waals surface area contributed by atoms with E-state index in [1.165, 1.54) is 0 Å². The Balaban J connectivity index is 0.00000272. The van der Waals surface area contributed by atoms with E-state index in [0.29, 0.717) is 23.6 Å². The number of hydrogen-bond donors (Lipinski definition) is 0. The molecule has 0 N–H and O–H groups in total. The second-order valence-electron chi connectivity index (χ2n) is 8.90. The van der Waals surface area contributed by atoms with Gasteiger partial charge in [-0.05, 0) is 60.6 Å². The molecule has 0 spiro atoms. The van der Waals surface area contributed by atoms with Crippen molar-refractivity contribution in [3.8, 4) is 0 Å². The van der Waals surface area contributed by atoms with Gasteiger partial charge in [0.2, 0.25) is 0 Å². The van der Waals surface area contributed by atoms with Gasteiger partial charge in [0.25, 0.3) is 6.08 Å². The first-order valence-electron chi connectivity index (χ1n) is 10.1. The molecule has 0 amide bonds. The summed E-state index contributed by atoms with van der Waals surface area (Å²) in [4.78, 5) is 0. The molecule has 0 radical (unpaired) electrons. The Morgan fingerprint density at radius 2 is 1.48 bits per heavy atom. The molecule has 2 nitrogen and oxygen atoms in total. The average molecular weight is 469 g/mol. The minimum Gasteiger partial charge on any atom is -0.375 e. The summed E-state index contributed by atoms with van der Waals surface area (Å²) in [7, 11) is -0.0734. The quantitative estimate of drug-likeness (QED) is 0.476. The number of fused-ring (bicyclic) bond motifs is 4. The molecule has 0 fully saturated rings. The maximum absolute atomic E-state index is 14.1. The first-order valence-corrected chi connectivity index (χ1v) is 11.7. The third-order valence-corrected chi connectivity index (χ3v) is 8.21. The van der Waals surface area contributed by atoms with Gasteiger partial charge in [0, 0.05) is 40.3 Å². The minimum absolute atomic E-state index is 0. The molecule has 0 bridgehead atoms. The van der Waals surface area contributed by atoms with Gasteiger partial charge in [-0.3, -0.25) is 0 Å². The van der Waals surface area contributed by atoms with Crippen molar-refractivity contribution in [3.63, 3.8) is 0 Å². The zero-order valence-corrected chi connectivity index (χ0v) is 20.8. The zero-order valence-electron chi connectivity index (χ0n) is 18.2. The van der Waals surface area contributed by atoms with Crippen molar-refractivity contribution >= 4 is 25.6 Å². The van der Waals surface area contributed by atoms with Gasteiger partial charge in [0.1, 0.15) is 0 Å². The second-order valence-corrected chi connectivity index (χ2v) is 10.7. The van der Waals surface area contributed by atoms with Crippen molar-refractivity contribution in [3.05, 3.63) is 88.5 Å². The van der Waals surface area contributed by atoms with E-state index < -0.39 is 14.9 Å². The smallest absolute Gasteiger partial charge is 0.375 e. The van der Waals surface area contributed by atoms with Crippen LogP contribution in [0.4, 0.5) is 8.78 Å². The van der Waals surface area contributed by atoms with Gasteiger partial charge in [-0.1, -0.05) is 60.2 Å². The van der Waals surface area contributed by atoms with Crippen molar-refractivity contribution in [1.29, 1.82) is 0 Å². The Kier molecular flexibility index (Phi) is 6.80. The third-order valence-electron chi connectivity index (χ3n) is 6.03. The van der Waals surface area contributed by atoms with E-state index in [2.05, 4.69) is 26.8 Å². The number of rotatable bonds is 3. The molecular formula is C25H25F2NOSiTi. The molecule has 0 aliphatic heterocycles. The van der Waals surface area contributed by atoms with Gasteiger partial charge >= 0.3 is 8.84 Å². The summed E-state index contributed by atoms with van der Waals surface area (Å²) in [6, 6.07) is 15.2. The van der Waals surface area contributed by atoms with E-state index >= 15 is 0 Å². The molecule has 2 aromatic carbocycles. The van der Waals surface area contributed by atoms with Crippen molar-refractivity contribution < 1.29 is 35.0 Å². The largest absolute Gasteiger partial charge is 0.399 e. The molecule has 0 unspecified atom stereocenters. The van der Waals surface area contributed by atoms with E-state index in [1.54, 1.807) is 24.3 Å². The Morgan fingerprint density at radius 3 is 2.03 bits per heavy atom. The predicted molar refractivity (Wildman–Crippen MR) is 119 cm³/mol. The first-order chi connectivity index (χ1) is 14.2. The minimum atomic E-state index is -1.98. The Morgan fingerprint density at radius 1 is 0.968 bits per heavy atom. The topological polar surface area (TPSA) is 20.3 Å². The third kappa shape index (κ3) is 4.36. The van der Waals surface area contributed by atoms with Gasteiger partial charge in [0.15, 0.2) is 0 Å². The van der Waals surface area contributed by atoms with E-state index in [1.807, 2.05) is 35.9 Å². The molecule has 2 aromatic rings. The van der Waals surface area contributed by atoms with Crippen LogP contribution in [0.2, 0.25) is 6.04 Å². The summed E-state index contributed by atoms with van der Waals surface area (Å²) < 4.78 is 43.1. The van der Waals surface area contributed by atoms with Crippen LogP contribution in [0.1, 0.15) is 49.4 Å². The van der Waals surface area contributed by atoms with Crippen LogP contribution < -0.4 is 0 Å². The van der Waals surface area contributed by atoms with Crippen LogP contribution >= 0.6 is 0 Å². The van der Waals surface area contributed by atoms with Gasteiger partial charge in [-0.2, -0.15) is 8.78 Å². The number of allylic oxidation sites excluding steroid dienone is 4. The number of hydrogen-bond acceptors (Lipinski definition) is 1. The molecule has 0 atom stereocenters. The summed E-state index contributed by atoms with van der Waals surface area (Å²) in [5, 5.41) is 0. The maximum Gasteiger partial charge on any atom is 0.399 e. The Bertz CT molecular complexity index is 1140. The van der Waals surface area contributed by atoms with Gasteiger partial charge in [0.05, 0.1) is 5.57 Å². The summed E-state index contributed by atoms with van der Waals surface area (Å²) in [6.45, 7) is 6.16. The van der Waals surface area contributed by atoms with E-state index in [9.17, 15) is 13.2 Å². The van der Waals surface area contributed by atoms with Crippen molar-refractivity contribution in [2.45, 2.75) is 38.8 Å². The fourth-order valence-electron chi connectivity index (χ4n) is 4.19. The fourth-order valence-corrected chi connectivity index (χ4v) is 5.80. The molecule has 158 valence electrons. The molecule has 31 heavy (non-hydrogen) atoms. The van der Waals surface area contributed by atoms with Crippen LogP contribution in [-0.4, -0.2) is 26.0 Å². The molecule has 2 aliphatic carbocycles. The SMILES string of the molecule is CN([Si](=O)CC1=CC2=C(C1)c1ccccc1C(=C(F)F)c1ccccc12)C(C)(C)C.[Ti]. The average Bonchev–Trinajstić information content (AvgIpc) is 3.06. The normalized spacial score (nSPS) is 14.6. The Hall–Kier alpha value is -1.95. The maximum atomic E-state index is 14.1. The van der Waals surface area contributed by atoms with E-state index in [0.717, 1.165) is 27.8 Å². The van der Waals surface area contributed by atoms with Crippen LogP contribution in [0.5, 0.6) is 0 Å². The first kappa shape index (κ1) is 23.7. The van der Waals surface area contributed by atoms with Gasteiger partial charge in [-0.25, -0.2) is 0 Å². The zero-order chi connectivity index (χ0) is 21.6. The van der Waals surface area contributed by atoms with Crippen LogP contribution in [-0.2, 0) is 26.2 Å². The van der Waals surface area contributed by atoms with Crippen molar-refractivity contribution in [2.24, 2.45) is 0 Å². The summed E-state index contributed by atoms with van der Waals surface area (Å²) in [5.41, 5.74) is 5.69. The number of benzene rings is 2. The molecule has 4 rings (SSSR count). The van der Waals surface area contributed by atoms with Crippen LogP contribution in [0.15, 0.2) is 66.3 Å². The van der Waals surface area contributed by atoms with Crippen molar-refractivity contribution in [2.75, 3.05) is 7.05 Å². The summed E-state index contributed by atoms with van der Waals surface area (Å²) in [6.07, 6.45) is 1.04. The number of nitrogens with zero attached hydrogens (tertiary/aromatic N) is 1. The van der Waals surface area contributed by atoms with Crippen LogP contribution in [0, 0.1) is 0 Å². The number of halogens is 2. The molecular weight excluding hydrogens is 444 g/mol. The molecule has 0 saturated heterocycles. The van der Waals surface area contributed by atoms with E-state index in [-0.39, 0.29) is 32.8 Å². The van der Waals surface area contributed by atoms with Crippen LogP contribution in [0.3, 0.4) is 0 Å². The summed E-state index contributed by atoms with van der Waals surface area (Å²) >= 11 is 0. The molecule has 0 heterocycles. The standard InChI is InChI=1S/C25H25F2NOSi.Ti/c1-25(2,3)28(4)30(29)15-16-13-21-17-9-5-7-11-19(17)23(24(26)27)20-12-8-6-10-18(20)22(21)14-16;/h5-13H,14-15H2,1-4H3;. The van der Waals surface area contributed by atoms with Crippen LogP contribution in [0.25, 0.3) is 16.7 Å². The monoisotopic (exact) mass is 469 g/mol. The molecule has 0 aromatic heterocycles. The Labute approximate surface area is 199 Å². The second kappa shape index (κ2) is 8.89. The van der Waals surface area contributed by atoms with Crippen molar-refractivity contribution in [1.82, 2.24) is 4.57 Å². The molecule has 2 aliphatic rings. The predicted octanol–water partition coefficient (Wildman–Crippen LogP) is 6.54. The molecule has 0 saturated carbocycles. The molecule has 6 heteroatoms. The van der Waals surface area contributed by atoms with E-state index in [4.69, 9.17) is 0 Å². The summed E-state index contributed by atoms with van der Waals surface area (Å²) in [5.74, 6) is 0. The van der Waals surface area contributed by atoms with Gasteiger partial charge in [-0.15, -0.1) is 0 Å². The van der Waals surface area contributed by atoms with Gasteiger partial charge < -0.3 is 9.03 Å². The fraction of sp³-hybridized carbons (Fsp3) is 0.280.